The van der Waals surface area contributed by atoms with E-state index in [0.29, 0.717) is 35.8 Å². The molecule has 0 unspecified atom stereocenters. The van der Waals surface area contributed by atoms with Crippen molar-refractivity contribution in [2.45, 2.75) is 20.3 Å². The summed E-state index contributed by atoms with van der Waals surface area (Å²) in [5.41, 5.74) is 3.35. The number of phenols is 1. The first-order valence-electron chi connectivity index (χ1n) is 8.16. The summed E-state index contributed by atoms with van der Waals surface area (Å²) in [6.07, 6.45) is 2.27. The molecule has 0 fully saturated rings. The second-order valence-corrected chi connectivity index (χ2v) is 5.20. The quantitative estimate of drug-likeness (QED) is 0.569. The largest absolute Gasteiger partial charge is 0.507 e. The van der Waals surface area contributed by atoms with Gasteiger partial charge in [-0.25, -0.2) is 5.43 Å². The van der Waals surface area contributed by atoms with Crippen LogP contribution >= 0.6 is 0 Å². The Morgan fingerprint density at radius 3 is 2.68 bits per heavy atom. The van der Waals surface area contributed by atoms with Crippen LogP contribution in [0.1, 0.15) is 36.2 Å². The lowest BCUT2D eigenvalue weighted by atomic mass is 10.2. The fourth-order valence-electron chi connectivity index (χ4n) is 2.07. The lowest BCUT2D eigenvalue weighted by molar-refractivity contribution is 0.0954. The van der Waals surface area contributed by atoms with Gasteiger partial charge in [0.15, 0.2) is 11.5 Å². The van der Waals surface area contributed by atoms with Crippen LogP contribution in [0.15, 0.2) is 47.6 Å². The smallest absolute Gasteiger partial charge is 0.271 e. The van der Waals surface area contributed by atoms with Gasteiger partial charge in [0, 0.05) is 11.1 Å². The van der Waals surface area contributed by atoms with E-state index in [9.17, 15) is 9.90 Å². The van der Waals surface area contributed by atoms with Gasteiger partial charge in [0.2, 0.25) is 0 Å². The molecular formula is C19H22N2O4. The highest BCUT2D eigenvalue weighted by Gasteiger charge is 2.11. The van der Waals surface area contributed by atoms with E-state index in [0.717, 1.165) is 6.42 Å². The third kappa shape index (κ3) is 5.24. The molecule has 0 heterocycles. The monoisotopic (exact) mass is 342 g/mol. The first-order chi connectivity index (χ1) is 12.2. The molecule has 0 aliphatic rings. The number of carbonyl (C=O) groups is 1. The number of hydrazone groups is 1. The molecule has 2 aromatic carbocycles. The van der Waals surface area contributed by atoms with Crippen molar-refractivity contribution < 1.29 is 19.4 Å². The molecule has 0 spiro atoms. The maximum Gasteiger partial charge on any atom is 0.271 e. The van der Waals surface area contributed by atoms with Crippen LogP contribution in [0.3, 0.4) is 0 Å². The Kier molecular flexibility index (Phi) is 6.83. The molecule has 132 valence electrons. The van der Waals surface area contributed by atoms with E-state index >= 15 is 0 Å². The zero-order valence-electron chi connectivity index (χ0n) is 14.4. The summed E-state index contributed by atoms with van der Waals surface area (Å²) in [4.78, 5) is 12.2. The fourth-order valence-corrected chi connectivity index (χ4v) is 2.07. The van der Waals surface area contributed by atoms with Crippen molar-refractivity contribution in [2.24, 2.45) is 5.10 Å². The minimum atomic E-state index is -0.380. The normalized spacial score (nSPS) is 10.6. The van der Waals surface area contributed by atoms with Crippen LogP contribution in [-0.4, -0.2) is 30.4 Å². The van der Waals surface area contributed by atoms with Gasteiger partial charge in [-0.1, -0.05) is 19.1 Å². The van der Waals surface area contributed by atoms with E-state index in [1.807, 2.05) is 13.8 Å². The van der Waals surface area contributed by atoms with Crippen molar-refractivity contribution in [3.8, 4) is 17.2 Å². The van der Waals surface area contributed by atoms with E-state index in [1.54, 1.807) is 42.5 Å². The number of hydrogen-bond donors (Lipinski definition) is 2. The van der Waals surface area contributed by atoms with Gasteiger partial charge in [-0.2, -0.15) is 5.10 Å². The number of nitrogens with zero attached hydrogens (tertiary/aromatic N) is 1. The summed E-state index contributed by atoms with van der Waals surface area (Å²) in [5.74, 6) is 0.845. The highest BCUT2D eigenvalue weighted by molar-refractivity contribution is 5.95. The number of carbonyl (C=O) groups excluding carboxylic acids is 1. The predicted molar refractivity (Wildman–Crippen MR) is 96.6 cm³/mol. The topological polar surface area (TPSA) is 80.2 Å². The molecule has 2 N–H and O–H groups in total. The number of amides is 1. The standard InChI is InChI=1S/C19H22N2O4/c1-3-11-25-17-10-9-14(12-18(17)24-4-2)19(23)21-20-13-15-7-5-6-8-16(15)22/h5-10,12-13,22H,3-4,11H2,1-2H3,(H,21,23)/b20-13+. The van der Waals surface area contributed by atoms with Gasteiger partial charge >= 0.3 is 0 Å². The molecule has 2 aromatic rings. The van der Waals surface area contributed by atoms with E-state index < -0.39 is 0 Å². The first-order valence-corrected chi connectivity index (χ1v) is 8.16. The second kappa shape index (κ2) is 9.32. The zero-order chi connectivity index (χ0) is 18.1. The Labute approximate surface area is 147 Å². The third-order valence-corrected chi connectivity index (χ3v) is 3.27. The molecule has 0 bridgehead atoms. The zero-order valence-corrected chi connectivity index (χ0v) is 14.4. The number of ether oxygens (including phenoxy) is 2. The molecule has 25 heavy (non-hydrogen) atoms. The second-order valence-electron chi connectivity index (χ2n) is 5.20. The van der Waals surface area contributed by atoms with Gasteiger partial charge in [0.05, 0.1) is 19.4 Å². The summed E-state index contributed by atoms with van der Waals surface area (Å²) in [5, 5.41) is 13.5. The number of phenolic OH excluding ortho intramolecular Hbond substituents is 1. The van der Waals surface area contributed by atoms with Crippen molar-refractivity contribution in [1.82, 2.24) is 5.43 Å². The molecule has 1 amide bonds. The lowest BCUT2D eigenvalue weighted by Crippen LogP contribution is -2.17. The molecule has 6 heteroatoms. The van der Waals surface area contributed by atoms with E-state index in [4.69, 9.17) is 9.47 Å². The molecule has 0 saturated carbocycles. The molecule has 0 atom stereocenters. The Morgan fingerprint density at radius 2 is 1.96 bits per heavy atom. The van der Waals surface area contributed by atoms with Gasteiger partial charge in [-0.05, 0) is 43.7 Å². The Bertz CT molecular complexity index is 744. The average Bonchev–Trinajstić information content (AvgIpc) is 2.62. The van der Waals surface area contributed by atoms with Crippen LogP contribution in [0.2, 0.25) is 0 Å². The van der Waals surface area contributed by atoms with Crippen LogP contribution < -0.4 is 14.9 Å². The molecule has 2 rings (SSSR count). The molecule has 0 aliphatic heterocycles. The molecular weight excluding hydrogens is 320 g/mol. The Hall–Kier alpha value is -3.02. The SMILES string of the molecule is CCCOc1ccc(C(=O)N/N=C/c2ccccc2O)cc1OCC. The van der Waals surface area contributed by atoms with Crippen molar-refractivity contribution in [2.75, 3.05) is 13.2 Å². The molecule has 0 aromatic heterocycles. The minimum absolute atomic E-state index is 0.0940. The lowest BCUT2D eigenvalue weighted by Gasteiger charge is -2.12. The summed E-state index contributed by atoms with van der Waals surface area (Å²) in [6.45, 7) is 4.94. The number of hydrogen-bond acceptors (Lipinski definition) is 5. The van der Waals surface area contributed by atoms with Crippen molar-refractivity contribution in [3.63, 3.8) is 0 Å². The van der Waals surface area contributed by atoms with Crippen LogP contribution in [0.4, 0.5) is 0 Å². The number of rotatable bonds is 8. The van der Waals surface area contributed by atoms with E-state index in [1.165, 1.54) is 6.21 Å². The predicted octanol–water partition coefficient (Wildman–Crippen LogP) is 3.34. The maximum absolute atomic E-state index is 12.2. The fraction of sp³-hybridized carbons (Fsp3) is 0.263. The van der Waals surface area contributed by atoms with Crippen LogP contribution in [-0.2, 0) is 0 Å². The van der Waals surface area contributed by atoms with E-state index in [2.05, 4.69) is 10.5 Å². The van der Waals surface area contributed by atoms with Crippen molar-refractivity contribution in [3.05, 3.63) is 53.6 Å². The Balaban J connectivity index is 2.08. The number of benzene rings is 2. The molecule has 0 aliphatic carbocycles. The minimum Gasteiger partial charge on any atom is -0.507 e. The van der Waals surface area contributed by atoms with Crippen molar-refractivity contribution >= 4 is 12.1 Å². The molecule has 6 nitrogen and oxygen atoms in total. The Morgan fingerprint density at radius 1 is 1.16 bits per heavy atom. The van der Waals surface area contributed by atoms with Gasteiger partial charge < -0.3 is 14.6 Å². The van der Waals surface area contributed by atoms with Crippen LogP contribution in [0.25, 0.3) is 0 Å². The maximum atomic E-state index is 12.2. The van der Waals surface area contributed by atoms with E-state index in [-0.39, 0.29) is 11.7 Å². The highest BCUT2D eigenvalue weighted by Crippen LogP contribution is 2.28. The van der Waals surface area contributed by atoms with Crippen LogP contribution in [0.5, 0.6) is 17.2 Å². The van der Waals surface area contributed by atoms with Crippen molar-refractivity contribution in [1.29, 1.82) is 0 Å². The number of para-hydroxylation sites is 1. The van der Waals surface area contributed by atoms with Crippen LogP contribution in [0, 0.1) is 0 Å². The molecule has 0 radical (unpaired) electrons. The summed E-state index contributed by atoms with van der Waals surface area (Å²) in [6, 6.07) is 11.7. The first kappa shape index (κ1) is 18.3. The average molecular weight is 342 g/mol. The molecule has 0 saturated heterocycles. The number of aromatic hydroxyl groups is 1. The van der Waals surface area contributed by atoms with Gasteiger partial charge in [0.25, 0.3) is 5.91 Å². The summed E-state index contributed by atoms with van der Waals surface area (Å²) >= 11 is 0. The van der Waals surface area contributed by atoms with Gasteiger partial charge in [0.1, 0.15) is 5.75 Å². The van der Waals surface area contributed by atoms with Gasteiger partial charge in [-0.15, -0.1) is 0 Å². The highest BCUT2D eigenvalue weighted by atomic mass is 16.5. The third-order valence-electron chi connectivity index (χ3n) is 3.27. The van der Waals surface area contributed by atoms with Gasteiger partial charge in [-0.3, -0.25) is 4.79 Å². The number of nitrogens with one attached hydrogen (secondary N) is 1. The summed E-state index contributed by atoms with van der Waals surface area (Å²) in [7, 11) is 0. The summed E-state index contributed by atoms with van der Waals surface area (Å²) < 4.78 is 11.1.